The Bertz CT molecular complexity index is 616. The molecule has 1 atom stereocenters. The lowest BCUT2D eigenvalue weighted by Gasteiger charge is -2.13. The van der Waals surface area contributed by atoms with Gasteiger partial charge < -0.3 is 10.5 Å². The number of hydrogen-bond donors (Lipinski definition) is 1. The van der Waals surface area contributed by atoms with Crippen LogP contribution in [0.2, 0.25) is 0 Å². The van der Waals surface area contributed by atoms with E-state index in [-0.39, 0.29) is 12.2 Å². The quantitative estimate of drug-likeness (QED) is 0.932. The third kappa shape index (κ3) is 3.11. The molecule has 0 saturated heterocycles. The van der Waals surface area contributed by atoms with E-state index in [0.717, 1.165) is 12.1 Å². The van der Waals surface area contributed by atoms with Crippen LogP contribution >= 0.6 is 0 Å². The molecule has 0 aliphatic heterocycles. The number of ether oxygens (including phenoxy) is 1. The van der Waals surface area contributed by atoms with Gasteiger partial charge in [-0.05, 0) is 41.8 Å². The van der Waals surface area contributed by atoms with Crippen LogP contribution in [0.1, 0.15) is 17.2 Å². The lowest BCUT2D eigenvalue weighted by molar-refractivity contribution is 0.386. The van der Waals surface area contributed by atoms with Gasteiger partial charge in [-0.2, -0.15) is 0 Å². The van der Waals surface area contributed by atoms with Crippen molar-refractivity contribution in [2.24, 2.45) is 5.73 Å². The van der Waals surface area contributed by atoms with Crippen molar-refractivity contribution in [2.75, 3.05) is 7.11 Å². The summed E-state index contributed by atoms with van der Waals surface area (Å²) >= 11 is 0. The lowest BCUT2D eigenvalue weighted by atomic mass is 9.99. The van der Waals surface area contributed by atoms with E-state index in [1.807, 2.05) is 0 Å². The second-order valence-corrected chi connectivity index (χ2v) is 4.45. The first kappa shape index (κ1) is 14.4. The molecule has 0 aliphatic rings. The van der Waals surface area contributed by atoms with E-state index in [9.17, 15) is 13.2 Å². The van der Waals surface area contributed by atoms with E-state index >= 15 is 0 Å². The molecule has 2 aromatic rings. The molecule has 0 saturated carbocycles. The Morgan fingerprint density at radius 1 is 1.00 bits per heavy atom. The van der Waals surface area contributed by atoms with Gasteiger partial charge in [0.25, 0.3) is 0 Å². The molecule has 2 aromatic carbocycles. The van der Waals surface area contributed by atoms with Crippen LogP contribution in [-0.4, -0.2) is 7.11 Å². The Kier molecular flexibility index (Phi) is 4.29. The van der Waals surface area contributed by atoms with Crippen LogP contribution in [0.5, 0.6) is 5.75 Å². The fourth-order valence-electron chi connectivity index (χ4n) is 1.95. The normalized spacial score (nSPS) is 12.2. The predicted molar refractivity (Wildman–Crippen MR) is 69.9 cm³/mol. The van der Waals surface area contributed by atoms with Crippen molar-refractivity contribution in [1.82, 2.24) is 0 Å². The standard InChI is InChI=1S/C15H14F3NO/c1-20-15-5-3-10(8-13(15)18)14(19)7-9-2-4-11(16)12(17)6-9/h2-6,8,14H,7,19H2,1H3. The average molecular weight is 281 g/mol. The molecule has 0 amide bonds. The van der Waals surface area contributed by atoms with Gasteiger partial charge in [-0.15, -0.1) is 0 Å². The maximum absolute atomic E-state index is 13.6. The van der Waals surface area contributed by atoms with Crippen LogP contribution in [-0.2, 0) is 6.42 Å². The zero-order chi connectivity index (χ0) is 14.7. The second-order valence-electron chi connectivity index (χ2n) is 4.45. The minimum atomic E-state index is -0.921. The fourth-order valence-corrected chi connectivity index (χ4v) is 1.95. The Labute approximate surface area is 115 Å². The number of nitrogens with two attached hydrogens (primary N) is 1. The Balaban J connectivity index is 2.17. The van der Waals surface area contributed by atoms with Gasteiger partial charge in [-0.3, -0.25) is 0 Å². The van der Waals surface area contributed by atoms with E-state index in [0.29, 0.717) is 11.1 Å². The van der Waals surface area contributed by atoms with Crippen molar-refractivity contribution in [3.05, 3.63) is 65.0 Å². The van der Waals surface area contributed by atoms with E-state index in [4.69, 9.17) is 10.5 Å². The maximum Gasteiger partial charge on any atom is 0.165 e. The monoisotopic (exact) mass is 281 g/mol. The molecule has 0 bridgehead atoms. The highest BCUT2D eigenvalue weighted by molar-refractivity contribution is 5.32. The SMILES string of the molecule is COc1ccc(C(N)Cc2ccc(F)c(F)c2)cc1F. The van der Waals surface area contributed by atoms with E-state index < -0.39 is 23.5 Å². The Morgan fingerprint density at radius 2 is 1.75 bits per heavy atom. The average Bonchev–Trinajstić information content (AvgIpc) is 2.42. The number of halogens is 3. The third-order valence-electron chi connectivity index (χ3n) is 3.04. The summed E-state index contributed by atoms with van der Waals surface area (Å²) in [6, 6.07) is 7.49. The molecule has 2 N–H and O–H groups in total. The minimum absolute atomic E-state index is 0.133. The molecule has 0 radical (unpaired) electrons. The van der Waals surface area contributed by atoms with Crippen molar-refractivity contribution in [1.29, 1.82) is 0 Å². The smallest absolute Gasteiger partial charge is 0.165 e. The molecule has 0 fully saturated rings. The molecule has 0 aliphatic carbocycles. The van der Waals surface area contributed by atoms with Crippen molar-refractivity contribution in [2.45, 2.75) is 12.5 Å². The first-order valence-electron chi connectivity index (χ1n) is 6.04. The number of rotatable bonds is 4. The highest BCUT2D eigenvalue weighted by Crippen LogP contribution is 2.23. The predicted octanol–water partition coefficient (Wildman–Crippen LogP) is 3.36. The van der Waals surface area contributed by atoms with Crippen LogP contribution in [0.25, 0.3) is 0 Å². The van der Waals surface area contributed by atoms with Crippen molar-refractivity contribution < 1.29 is 17.9 Å². The van der Waals surface area contributed by atoms with Gasteiger partial charge in [-0.25, -0.2) is 13.2 Å². The zero-order valence-electron chi connectivity index (χ0n) is 10.9. The van der Waals surface area contributed by atoms with Gasteiger partial charge in [-0.1, -0.05) is 12.1 Å². The minimum Gasteiger partial charge on any atom is -0.494 e. The van der Waals surface area contributed by atoms with E-state index in [1.165, 1.54) is 25.3 Å². The summed E-state index contributed by atoms with van der Waals surface area (Å²) in [7, 11) is 1.37. The van der Waals surface area contributed by atoms with Crippen LogP contribution in [0.3, 0.4) is 0 Å². The summed E-state index contributed by atoms with van der Waals surface area (Å²) in [4.78, 5) is 0. The molecule has 5 heteroatoms. The van der Waals surface area contributed by atoms with Gasteiger partial charge in [0.2, 0.25) is 0 Å². The molecule has 20 heavy (non-hydrogen) atoms. The fraction of sp³-hybridized carbons (Fsp3) is 0.200. The van der Waals surface area contributed by atoms with E-state index in [2.05, 4.69) is 0 Å². The summed E-state index contributed by atoms with van der Waals surface area (Å²) in [5.74, 6) is -2.20. The molecule has 106 valence electrons. The van der Waals surface area contributed by atoms with Crippen molar-refractivity contribution in [3.63, 3.8) is 0 Å². The Morgan fingerprint density at radius 3 is 2.35 bits per heavy atom. The highest BCUT2D eigenvalue weighted by atomic mass is 19.2. The van der Waals surface area contributed by atoms with Crippen LogP contribution in [0, 0.1) is 17.5 Å². The summed E-state index contributed by atoms with van der Waals surface area (Å²) in [6.45, 7) is 0. The number of benzene rings is 2. The van der Waals surface area contributed by atoms with Gasteiger partial charge in [0, 0.05) is 6.04 Å². The van der Waals surface area contributed by atoms with Crippen molar-refractivity contribution >= 4 is 0 Å². The molecule has 2 nitrogen and oxygen atoms in total. The number of methoxy groups -OCH3 is 1. The lowest BCUT2D eigenvalue weighted by Crippen LogP contribution is -2.14. The molecule has 2 rings (SSSR count). The summed E-state index contributed by atoms with van der Waals surface area (Å²) in [5, 5.41) is 0. The first-order chi connectivity index (χ1) is 9.51. The van der Waals surface area contributed by atoms with E-state index in [1.54, 1.807) is 6.07 Å². The molecule has 0 spiro atoms. The molecule has 1 unspecified atom stereocenters. The maximum atomic E-state index is 13.6. The number of hydrogen-bond acceptors (Lipinski definition) is 2. The van der Waals surface area contributed by atoms with Crippen LogP contribution in [0.15, 0.2) is 36.4 Å². The van der Waals surface area contributed by atoms with Gasteiger partial charge in [0.05, 0.1) is 7.11 Å². The van der Waals surface area contributed by atoms with Crippen LogP contribution in [0.4, 0.5) is 13.2 Å². The second kappa shape index (κ2) is 5.96. The molecular weight excluding hydrogens is 267 g/mol. The van der Waals surface area contributed by atoms with Crippen LogP contribution < -0.4 is 10.5 Å². The molecular formula is C15H14F3NO. The van der Waals surface area contributed by atoms with Crippen molar-refractivity contribution in [3.8, 4) is 5.75 Å². The van der Waals surface area contributed by atoms with Gasteiger partial charge >= 0.3 is 0 Å². The summed E-state index contributed by atoms with van der Waals surface area (Å²) in [5.41, 5.74) is 7.06. The topological polar surface area (TPSA) is 35.2 Å². The summed E-state index contributed by atoms with van der Waals surface area (Å²) in [6.07, 6.45) is 0.281. The summed E-state index contributed by atoms with van der Waals surface area (Å²) < 4.78 is 44.3. The third-order valence-corrected chi connectivity index (χ3v) is 3.04. The highest BCUT2D eigenvalue weighted by Gasteiger charge is 2.12. The zero-order valence-corrected chi connectivity index (χ0v) is 10.9. The van der Waals surface area contributed by atoms with Gasteiger partial charge in [0.15, 0.2) is 23.2 Å². The largest absolute Gasteiger partial charge is 0.494 e. The molecule has 0 aromatic heterocycles. The molecule has 0 heterocycles. The van der Waals surface area contributed by atoms with Gasteiger partial charge in [0.1, 0.15) is 0 Å². The first-order valence-corrected chi connectivity index (χ1v) is 6.04. The Hall–Kier alpha value is -2.01.